The van der Waals surface area contributed by atoms with Crippen molar-refractivity contribution < 1.29 is 29.2 Å². The van der Waals surface area contributed by atoms with Gasteiger partial charge in [-0.1, -0.05) is 50.1 Å². The fourth-order valence-corrected chi connectivity index (χ4v) is 4.47. The molecule has 2 aromatic carbocycles. The lowest BCUT2D eigenvalue weighted by molar-refractivity contribution is -0.138. The second-order valence-corrected chi connectivity index (χ2v) is 9.36. The summed E-state index contributed by atoms with van der Waals surface area (Å²) in [5.74, 6) is -0.882. The first-order valence-electron chi connectivity index (χ1n) is 12.5. The predicted molar refractivity (Wildman–Crippen MR) is 141 cm³/mol. The molecule has 0 aliphatic rings. The molecule has 0 saturated carbocycles. The van der Waals surface area contributed by atoms with Crippen molar-refractivity contribution in [1.82, 2.24) is 9.47 Å². The quantitative estimate of drug-likeness (QED) is 0.230. The predicted octanol–water partition coefficient (Wildman–Crippen LogP) is 6.15. The molecule has 9 heteroatoms. The average molecular weight is 533 g/mol. The Labute approximate surface area is 221 Å². The number of aryl methyl sites for hydroxylation is 1. The molecule has 0 bridgehead atoms. The molecular formula is C28H34ClFN2O5. The lowest BCUT2D eigenvalue weighted by atomic mass is 9.99. The molecule has 7 nitrogen and oxygen atoms in total. The number of aromatic hydroxyl groups is 2. The number of ether oxygens (including phenoxy) is 1. The molecule has 0 aliphatic carbocycles. The first-order chi connectivity index (χ1) is 17.7. The second-order valence-electron chi connectivity index (χ2n) is 8.96. The van der Waals surface area contributed by atoms with Crippen molar-refractivity contribution in [2.24, 2.45) is 0 Å². The van der Waals surface area contributed by atoms with Gasteiger partial charge in [0, 0.05) is 24.7 Å². The Morgan fingerprint density at radius 3 is 2.46 bits per heavy atom. The third kappa shape index (κ3) is 7.63. The zero-order chi connectivity index (χ0) is 26.9. The number of carboxylic acid groups (broad SMARTS) is 1. The van der Waals surface area contributed by atoms with Gasteiger partial charge in [0.15, 0.2) is 11.8 Å². The Balaban J connectivity index is 1.80. The first-order valence-corrected chi connectivity index (χ1v) is 12.8. The molecule has 0 fully saturated rings. The van der Waals surface area contributed by atoms with E-state index in [9.17, 15) is 24.5 Å². The number of hydrogen-bond acceptors (Lipinski definition) is 5. The minimum absolute atomic E-state index is 0.00306. The van der Waals surface area contributed by atoms with E-state index in [-0.39, 0.29) is 36.4 Å². The van der Waals surface area contributed by atoms with Gasteiger partial charge in [0.05, 0.1) is 18.0 Å². The summed E-state index contributed by atoms with van der Waals surface area (Å²) in [6.45, 7) is 5.78. The monoisotopic (exact) mass is 532 g/mol. The molecule has 1 heterocycles. The largest absolute Gasteiger partial charge is 0.494 e. The summed E-state index contributed by atoms with van der Waals surface area (Å²) in [6.07, 6.45) is 2.36. The summed E-state index contributed by atoms with van der Waals surface area (Å²) < 4.78 is 21.6. The highest BCUT2D eigenvalue weighted by atomic mass is 35.5. The van der Waals surface area contributed by atoms with Gasteiger partial charge in [0.25, 0.3) is 0 Å². The van der Waals surface area contributed by atoms with Gasteiger partial charge in [0.1, 0.15) is 18.2 Å². The number of benzene rings is 2. The van der Waals surface area contributed by atoms with Crippen LogP contribution in [0.3, 0.4) is 0 Å². The number of aliphatic carboxylic acids is 1. The zero-order valence-corrected chi connectivity index (χ0v) is 21.9. The van der Waals surface area contributed by atoms with E-state index in [0.29, 0.717) is 24.4 Å². The molecule has 1 atom stereocenters. The van der Waals surface area contributed by atoms with Crippen molar-refractivity contribution >= 4 is 17.6 Å². The molecule has 200 valence electrons. The van der Waals surface area contributed by atoms with Gasteiger partial charge in [-0.05, 0) is 54.3 Å². The zero-order valence-electron chi connectivity index (χ0n) is 21.2. The van der Waals surface area contributed by atoms with Crippen molar-refractivity contribution in [2.75, 3.05) is 13.2 Å². The summed E-state index contributed by atoms with van der Waals surface area (Å²) in [6, 6.07) is 12.7. The molecule has 1 aromatic heterocycles. The number of rotatable bonds is 14. The van der Waals surface area contributed by atoms with E-state index in [4.69, 9.17) is 16.3 Å². The maximum atomic E-state index is 14.3. The number of unbranched alkanes of at least 4 members (excludes halogenated alkanes) is 1. The third-order valence-electron chi connectivity index (χ3n) is 6.33. The van der Waals surface area contributed by atoms with Gasteiger partial charge >= 0.3 is 5.97 Å². The fraction of sp³-hybridized carbons (Fsp3) is 0.393. The van der Waals surface area contributed by atoms with Crippen LogP contribution in [0.4, 0.5) is 4.39 Å². The van der Waals surface area contributed by atoms with Crippen LogP contribution in [0.5, 0.6) is 17.5 Å². The number of aromatic nitrogens is 1. The minimum atomic E-state index is -0.959. The Kier molecular flexibility index (Phi) is 10.2. The van der Waals surface area contributed by atoms with Gasteiger partial charge in [-0.15, -0.1) is 0 Å². The van der Waals surface area contributed by atoms with E-state index in [1.165, 1.54) is 28.8 Å². The summed E-state index contributed by atoms with van der Waals surface area (Å²) in [4.78, 5) is 13.8. The number of carboxylic acids is 1. The number of nitrogens with zero attached hydrogens (tertiary/aromatic N) is 2. The molecule has 0 spiro atoms. The van der Waals surface area contributed by atoms with E-state index in [1.807, 2.05) is 25.1 Å². The molecule has 37 heavy (non-hydrogen) atoms. The summed E-state index contributed by atoms with van der Waals surface area (Å²) >= 11 is 5.87. The lowest BCUT2D eigenvalue weighted by Crippen LogP contribution is -2.31. The molecule has 3 rings (SSSR count). The van der Waals surface area contributed by atoms with Gasteiger partial charge in [-0.2, -0.15) is 0 Å². The van der Waals surface area contributed by atoms with E-state index in [1.54, 1.807) is 6.07 Å². The van der Waals surface area contributed by atoms with E-state index >= 15 is 0 Å². The third-order valence-corrected chi connectivity index (χ3v) is 6.64. The van der Waals surface area contributed by atoms with Crippen molar-refractivity contribution in [3.05, 3.63) is 76.1 Å². The van der Waals surface area contributed by atoms with Crippen LogP contribution in [-0.2, 0) is 24.3 Å². The van der Waals surface area contributed by atoms with E-state index < -0.39 is 17.8 Å². The van der Waals surface area contributed by atoms with Gasteiger partial charge in [0.2, 0.25) is 0 Å². The number of carbonyl (C=O) groups is 1. The topological polar surface area (TPSA) is 95.2 Å². The van der Waals surface area contributed by atoms with Crippen LogP contribution in [0.25, 0.3) is 0 Å². The first kappa shape index (κ1) is 28.3. The minimum Gasteiger partial charge on any atom is -0.494 e. The van der Waals surface area contributed by atoms with Crippen molar-refractivity contribution in [2.45, 2.75) is 58.7 Å². The van der Waals surface area contributed by atoms with Gasteiger partial charge < -0.3 is 20.1 Å². The van der Waals surface area contributed by atoms with Gasteiger partial charge in [-0.3, -0.25) is 14.3 Å². The lowest BCUT2D eigenvalue weighted by Gasteiger charge is -2.32. The SMILES string of the molecule is CCCCN(Cc1ccc(OCCn2c(O)ccc2O)c(CC)c1)C(CC(=O)O)c1ccc(Cl)c(F)c1. The average Bonchev–Trinajstić information content (AvgIpc) is 3.19. The number of halogens is 2. The summed E-state index contributed by atoms with van der Waals surface area (Å²) in [7, 11) is 0. The van der Waals surface area contributed by atoms with Crippen LogP contribution >= 0.6 is 11.6 Å². The Morgan fingerprint density at radius 2 is 1.84 bits per heavy atom. The Hall–Kier alpha value is -3.23. The molecule has 0 radical (unpaired) electrons. The fourth-order valence-electron chi connectivity index (χ4n) is 4.35. The number of hydrogen-bond donors (Lipinski definition) is 3. The van der Waals surface area contributed by atoms with Crippen LogP contribution in [0.2, 0.25) is 5.02 Å². The molecule has 3 N–H and O–H groups in total. The molecule has 0 saturated heterocycles. The van der Waals surface area contributed by atoms with E-state index in [2.05, 4.69) is 11.8 Å². The summed E-state index contributed by atoms with van der Waals surface area (Å²) in [5, 5.41) is 29.2. The highest BCUT2D eigenvalue weighted by Gasteiger charge is 2.24. The second kappa shape index (κ2) is 13.4. The Bertz CT molecular complexity index is 1180. The molecule has 3 aromatic rings. The highest BCUT2D eigenvalue weighted by Crippen LogP contribution is 2.31. The van der Waals surface area contributed by atoms with Crippen molar-refractivity contribution in [3.8, 4) is 17.5 Å². The maximum Gasteiger partial charge on any atom is 0.305 e. The van der Waals surface area contributed by atoms with Gasteiger partial charge in [-0.25, -0.2) is 4.39 Å². The standard InChI is InChI=1S/C28H34ClFN2O5/c1-3-5-12-31(24(17-28(35)36)21-7-8-22(29)23(30)16-21)18-19-6-9-25(20(4-2)15-19)37-14-13-32-26(33)10-11-27(32)34/h6-11,15-16,24,33-34H,3-5,12-14,17-18H2,1-2H3,(H,35,36). The van der Waals surface area contributed by atoms with Crippen LogP contribution in [0.1, 0.15) is 55.8 Å². The summed E-state index contributed by atoms with van der Waals surface area (Å²) in [5.41, 5.74) is 2.56. The molecular weight excluding hydrogens is 499 g/mol. The molecule has 1 unspecified atom stereocenters. The van der Waals surface area contributed by atoms with Crippen molar-refractivity contribution in [1.29, 1.82) is 0 Å². The highest BCUT2D eigenvalue weighted by molar-refractivity contribution is 6.30. The molecule has 0 aliphatic heterocycles. The molecule has 0 amide bonds. The van der Waals surface area contributed by atoms with Crippen LogP contribution in [-0.4, -0.2) is 43.9 Å². The van der Waals surface area contributed by atoms with Crippen LogP contribution in [0.15, 0.2) is 48.5 Å². The van der Waals surface area contributed by atoms with Crippen molar-refractivity contribution in [3.63, 3.8) is 0 Å². The smallest absolute Gasteiger partial charge is 0.305 e. The normalized spacial score (nSPS) is 12.1. The van der Waals surface area contributed by atoms with Crippen LogP contribution < -0.4 is 4.74 Å². The van der Waals surface area contributed by atoms with E-state index in [0.717, 1.165) is 30.4 Å². The Morgan fingerprint density at radius 1 is 1.11 bits per heavy atom. The maximum absolute atomic E-state index is 14.3. The van der Waals surface area contributed by atoms with Crippen LogP contribution in [0, 0.1) is 5.82 Å².